The number of ether oxygens (including phenoxy) is 1. The Morgan fingerprint density at radius 3 is 2.35 bits per heavy atom. The van der Waals surface area contributed by atoms with Crippen molar-refractivity contribution in [3.63, 3.8) is 0 Å². The number of ketones is 1. The van der Waals surface area contributed by atoms with E-state index in [2.05, 4.69) is 45.2 Å². The molecule has 8 heteroatoms. The van der Waals surface area contributed by atoms with E-state index in [1.165, 1.54) is 30.3 Å². The minimum atomic E-state index is -0.578. The number of carbonyl (C=O) groups is 1. The standard InChI is InChI=1S/C23H14I2N2O4/c24-20-10-16(11-21(25)23(20)31-14-15-5-2-1-3-6-15)9-18(13-26)22(28)17-7-4-8-19(12-17)27(29)30/h1-12H,14H2. The van der Waals surface area contributed by atoms with Gasteiger partial charge in [-0.15, -0.1) is 0 Å². The summed E-state index contributed by atoms with van der Waals surface area (Å²) >= 11 is 4.30. The normalized spacial score (nSPS) is 10.9. The fourth-order valence-corrected chi connectivity index (χ4v) is 4.89. The zero-order valence-corrected chi connectivity index (χ0v) is 20.2. The first-order valence-electron chi connectivity index (χ1n) is 8.95. The quantitative estimate of drug-likeness (QED) is 0.0773. The molecule has 0 spiro atoms. The van der Waals surface area contributed by atoms with Crippen LogP contribution in [0.1, 0.15) is 21.5 Å². The van der Waals surface area contributed by atoms with Gasteiger partial charge >= 0.3 is 0 Å². The molecule has 0 aliphatic heterocycles. The summed E-state index contributed by atoms with van der Waals surface area (Å²) < 4.78 is 7.64. The monoisotopic (exact) mass is 636 g/mol. The third-order valence-electron chi connectivity index (χ3n) is 4.24. The Morgan fingerprint density at radius 1 is 1.06 bits per heavy atom. The molecular formula is C23H14I2N2O4. The Kier molecular flexibility index (Phi) is 7.75. The second kappa shape index (κ2) is 10.5. The molecule has 0 aliphatic carbocycles. The van der Waals surface area contributed by atoms with Gasteiger partial charge in [-0.05, 0) is 74.5 Å². The zero-order valence-electron chi connectivity index (χ0n) is 15.9. The number of non-ortho nitro benzene ring substituents is 1. The summed E-state index contributed by atoms with van der Waals surface area (Å²) in [5.74, 6) is 0.159. The summed E-state index contributed by atoms with van der Waals surface area (Å²) in [6.07, 6.45) is 1.48. The van der Waals surface area contributed by atoms with Crippen LogP contribution < -0.4 is 4.74 Å². The lowest BCUT2D eigenvalue weighted by molar-refractivity contribution is -0.384. The van der Waals surface area contributed by atoms with Gasteiger partial charge in [0.25, 0.3) is 5.69 Å². The highest BCUT2D eigenvalue weighted by Crippen LogP contribution is 2.31. The maximum Gasteiger partial charge on any atom is 0.270 e. The molecular weight excluding hydrogens is 622 g/mol. The maximum absolute atomic E-state index is 12.7. The number of benzene rings is 3. The largest absolute Gasteiger partial charge is 0.487 e. The van der Waals surface area contributed by atoms with E-state index in [1.807, 2.05) is 48.5 Å². The van der Waals surface area contributed by atoms with Crippen molar-refractivity contribution in [2.45, 2.75) is 6.61 Å². The predicted octanol–water partition coefficient (Wildman–Crippen LogP) is 6.17. The van der Waals surface area contributed by atoms with E-state index in [0.29, 0.717) is 12.2 Å². The van der Waals surface area contributed by atoms with Gasteiger partial charge in [0.05, 0.1) is 12.1 Å². The van der Waals surface area contributed by atoms with Crippen molar-refractivity contribution in [2.75, 3.05) is 0 Å². The van der Waals surface area contributed by atoms with Crippen LogP contribution in [0.4, 0.5) is 5.69 Å². The highest BCUT2D eigenvalue weighted by molar-refractivity contribution is 14.1. The van der Waals surface area contributed by atoms with Crippen LogP contribution in [-0.2, 0) is 6.61 Å². The highest BCUT2D eigenvalue weighted by Gasteiger charge is 2.16. The molecule has 0 atom stereocenters. The number of nitriles is 1. The van der Waals surface area contributed by atoms with E-state index in [0.717, 1.165) is 18.5 Å². The number of halogens is 2. The smallest absolute Gasteiger partial charge is 0.270 e. The van der Waals surface area contributed by atoms with E-state index in [4.69, 9.17) is 4.74 Å². The van der Waals surface area contributed by atoms with Gasteiger partial charge in [-0.25, -0.2) is 0 Å². The van der Waals surface area contributed by atoms with Gasteiger partial charge in [-0.3, -0.25) is 14.9 Å². The average Bonchev–Trinajstić information content (AvgIpc) is 2.77. The number of hydrogen-bond acceptors (Lipinski definition) is 5. The van der Waals surface area contributed by atoms with Gasteiger partial charge in [0.2, 0.25) is 5.78 Å². The summed E-state index contributed by atoms with van der Waals surface area (Å²) in [4.78, 5) is 23.1. The number of hydrogen-bond donors (Lipinski definition) is 0. The summed E-state index contributed by atoms with van der Waals surface area (Å²) in [5.41, 5.74) is 1.50. The Bertz CT molecular complexity index is 1190. The molecule has 6 nitrogen and oxygen atoms in total. The van der Waals surface area contributed by atoms with Crippen molar-refractivity contribution in [3.05, 3.63) is 106 Å². The highest BCUT2D eigenvalue weighted by atomic mass is 127. The molecule has 3 aromatic rings. The second-order valence-corrected chi connectivity index (χ2v) is 8.72. The first-order valence-corrected chi connectivity index (χ1v) is 11.1. The number of nitro benzene ring substituents is 1. The fraction of sp³-hybridized carbons (Fsp3) is 0.0435. The molecule has 0 heterocycles. The molecule has 3 rings (SSSR count). The Labute approximate surface area is 206 Å². The Hall–Kier alpha value is -2.78. The van der Waals surface area contributed by atoms with Crippen molar-refractivity contribution in [3.8, 4) is 11.8 Å². The maximum atomic E-state index is 12.7. The number of rotatable bonds is 7. The van der Waals surface area contributed by atoms with Gasteiger partial charge in [0, 0.05) is 17.7 Å². The molecule has 0 saturated carbocycles. The van der Waals surface area contributed by atoms with Gasteiger partial charge in [0.1, 0.15) is 24.0 Å². The van der Waals surface area contributed by atoms with Crippen LogP contribution in [0.5, 0.6) is 5.75 Å². The molecule has 0 fully saturated rings. The summed E-state index contributed by atoms with van der Waals surface area (Å²) in [7, 11) is 0. The van der Waals surface area contributed by atoms with Crippen molar-refractivity contribution >= 4 is 62.7 Å². The molecule has 154 valence electrons. The lowest BCUT2D eigenvalue weighted by Gasteiger charge is -2.12. The molecule has 0 aromatic heterocycles. The molecule has 31 heavy (non-hydrogen) atoms. The minimum Gasteiger partial charge on any atom is -0.487 e. The molecule has 3 aromatic carbocycles. The first-order chi connectivity index (χ1) is 14.9. The predicted molar refractivity (Wildman–Crippen MR) is 134 cm³/mol. The van der Waals surface area contributed by atoms with Crippen LogP contribution >= 0.6 is 45.2 Å². The topological polar surface area (TPSA) is 93.2 Å². The molecule has 0 radical (unpaired) electrons. The molecule has 0 N–H and O–H groups in total. The molecule has 0 aliphatic rings. The van der Waals surface area contributed by atoms with E-state index >= 15 is 0 Å². The Morgan fingerprint density at radius 2 is 1.74 bits per heavy atom. The zero-order chi connectivity index (χ0) is 22.4. The second-order valence-electron chi connectivity index (χ2n) is 6.39. The first kappa shape index (κ1) is 22.9. The van der Waals surface area contributed by atoms with Crippen molar-refractivity contribution < 1.29 is 14.5 Å². The lowest BCUT2D eigenvalue weighted by atomic mass is 10.0. The number of Topliss-reactive ketones (excluding diaryl/α,β-unsaturated/α-hetero) is 1. The van der Waals surface area contributed by atoms with E-state index in [9.17, 15) is 20.2 Å². The number of allylic oxidation sites excluding steroid dienone is 1. The van der Waals surface area contributed by atoms with Crippen molar-refractivity contribution in [2.24, 2.45) is 0 Å². The molecule has 0 saturated heterocycles. The van der Waals surface area contributed by atoms with Crippen LogP contribution in [0.25, 0.3) is 6.08 Å². The third kappa shape index (κ3) is 5.89. The van der Waals surface area contributed by atoms with Crippen LogP contribution in [0, 0.1) is 28.6 Å². The van der Waals surface area contributed by atoms with Crippen LogP contribution in [0.15, 0.2) is 72.3 Å². The van der Waals surface area contributed by atoms with Crippen LogP contribution in [0.3, 0.4) is 0 Å². The van der Waals surface area contributed by atoms with Gasteiger partial charge in [0.15, 0.2) is 0 Å². The minimum absolute atomic E-state index is 0.0919. The number of carbonyl (C=O) groups excluding carboxylic acids is 1. The SMILES string of the molecule is N#CC(=Cc1cc(I)c(OCc2ccccc2)c(I)c1)C(=O)c1cccc([N+](=O)[O-])c1. The molecule has 0 amide bonds. The average molecular weight is 636 g/mol. The van der Waals surface area contributed by atoms with E-state index in [-0.39, 0.29) is 16.8 Å². The summed E-state index contributed by atoms with van der Waals surface area (Å²) in [6, 6.07) is 20.7. The third-order valence-corrected chi connectivity index (χ3v) is 5.84. The van der Waals surface area contributed by atoms with Gasteiger partial charge in [-0.1, -0.05) is 42.5 Å². The number of nitrogens with zero attached hydrogens (tertiary/aromatic N) is 2. The van der Waals surface area contributed by atoms with Gasteiger partial charge < -0.3 is 4.74 Å². The summed E-state index contributed by atoms with van der Waals surface area (Å²) in [5, 5.41) is 20.5. The molecule has 0 bridgehead atoms. The van der Waals surface area contributed by atoms with Crippen LogP contribution in [0.2, 0.25) is 0 Å². The van der Waals surface area contributed by atoms with E-state index < -0.39 is 10.7 Å². The molecule has 0 unspecified atom stereocenters. The summed E-state index contributed by atoms with van der Waals surface area (Å²) in [6.45, 7) is 0.427. The van der Waals surface area contributed by atoms with Crippen LogP contribution in [-0.4, -0.2) is 10.7 Å². The van der Waals surface area contributed by atoms with E-state index in [1.54, 1.807) is 0 Å². The Balaban J connectivity index is 1.86. The van der Waals surface area contributed by atoms with Crippen molar-refractivity contribution in [1.29, 1.82) is 5.26 Å². The fourth-order valence-electron chi connectivity index (χ4n) is 2.76. The van der Waals surface area contributed by atoms with Gasteiger partial charge in [-0.2, -0.15) is 5.26 Å². The number of nitro groups is 1. The van der Waals surface area contributed by atoms with Crippen molar-refractivity contribution in [1.82, 2.24) is 0 Å². The lowest BCUT2D eigenvalue weighted by Crippen LogP contribution is -2.03.